The Kier molecular flexibility index (Phi) is 8.05. The molecule has 2 atom stereocenters. The maximum atomic E-state index is 12.1. The van der Waals surface area contributed by atoms with Crippen LogP contribution in [0.25, 0.3) is 0 Å². The third kappa shape index (κ3) is 9.28. The van der Waals surface area contributed by atoms with Crippen LogP contribution in [0.4, 0.5) is 4.79 Å². The minimum absolute atomic E-state index is 0.138. The summed E-state index contributed by atoms with van der Waals surface area (Å²) in [4.78, 5) is 24.0. The molecule has 2 rings (SSSR count). The van der Waals surface area contributed by atoms with Crippen LogP contribution in [0.3, 0.4) is 0 Å². The first kappa shape index (κ1) is 23.2. The summed E-state index contributed by atoms with van der Waals surface area (Å²) in [6, 6.07) is 9.50. The summed E-state index contributed by atoms with van der Waals surface area (Å²) in [7, 11) is 0. The predicted octanol–water partition coefficient (Wildman–Crippen LogP) is 3.94. The van der Waals surface area contributed by atoms with Crippen molar-refractivity contribution < 1.29 is 28.5 Å². The summed E-state index contributed by atoms with van der Waals surface area (Å²) in [5.41, 5.74) is 0.406. The lowest BCUT2D eigenvalue weighted by Crippen LogP contribution is -2.46. The zero-order valence-corrected chi connectivity index (χ0v) is 18.0. The number of alkyl carbamates (subject to hydrolysis) is 1. The largest absolute Gasteiger partial charge is 0.460 e. The zero-order valence-electron chi connectivity index (χ0n) is 18.0. The minimum Gasteiger partial charge on any atom is -0.460 e. The summed E-state index contributed by atoms with van der Waals surface area (Å²) in [5.74, 6) is -1.09. The van der Waals surface area contributed by atoms with E-state index in [1.807, 2.05) is 65.0 Å². The molecule has 0 bridgehead atoms. The Labute approximate surface area is 173 Å². The van der Waals surface area contributed by atoms with E-state index in [9.17, 15) is 9.59 Å². The molecular formula is C22H33NO6. The number of nitrogens with one attached hydrogen (secondary N) is 1. The zero-order chi connectivity index (χ0) is 21.5. The van der Waals surface area contributed by atoms with Gasteiger partial charge in [-0.05, 0) is 46.6 Å². The van der Waals surface area contributed by atoms with Crippen LogP contribution in [0, 0.1) is 0 Å². The van der Waals surface area contributed by atoms with Gasteiger partial charge in [0.2, 0.25) is 0 Å². The quantitative estimate of drug-likeness (QED) is 0.689. The van der Waals surface area contributed by atoms with E-state index in [-0.39, 0.29) is 31.2 Å². The predicted molar refractivity (Wildman–Crippen MR) is 108 cm³/mol. The molecule has 7 heteroatoms. The Bertz CT molecular complexity index is 668. The van der Waals surface area contributed by atoms with Crippen molar-refractivity contribution >= 4 is 12.1 Å². The number of benzene rings is 1. The van der Waals surface area contributed by atoms with E-state index in [4.69, 9.17) is 18.9 Å². The van der Waals surface area contributed by atoms with Crippen LogP contribution < -0.4 is 5.32 Å². The van der Waals surface area contributed by atoms with Crippen LogP contribution >= 0.6 is 0 Å². The van der Waals surface area contributed by atoms with Crippen LogP contribution in [-0.2, 0) is 30.3 Å². The molecule has 1 amide bonds. The third-order valence-electron chi connectivity index (χ3n) is 4.19. The van der Waals surface area contributed by atoms with Crippen molar-refractivity contribution in [2.45, 2.75) is 84.1 Å². The van der Waals surface area contributed by atoms with Gasteiger partial charge in [0, 0.05) is 13.0 Å². The van der Waals surface area contributed by atoms with Crippen molar-refractivity contribution in [2.75, 3.05) is 6.54 Å². The van der Waals surface area contributed by atoms with Gasteiger partial charge in [-0.25, -0.2) is 4.79 Å². The highest BCUT2D eigenvalue weighted by Gasteiger charge is 2.36. The fourth-order valence-electron chi connectivity index (χ4n) is 3.20. The van der Waals surface area contributed by atoms with Gasteiger partial charge in [0.25, 0.3) is 0 Å². The van der Waals surface area contributed by atoms with E-state index < -0.39 is 17.5 Å². The molecule has 0 aliphatic carbocycles. The molecule has 0 saturated carbocycles. The van der Waals surface area contributed by atoms with Gasteiger partial charge in [-0.1, -0.05) is 30.3 Å². The maximum Gasteiger partial charge on any atom is 0.407 e. The van der Waals surface area contributed by atoms with Gasteiger partial charge in [0.15, 0.2) is 5.79 Å². The van der Waals surface area contributed by atoms with Crippen LogP contribution in [0.2, 0.25) is 0 Å². The number of amides is 1. The van der Waals surface area contributed by atoms with Crippen LogP contribution in [0.5, 0.6) is 0 Å². The Morgan fingerprint density at radius 1 is 1.14 bits per heavy atom. The lowest BCUT2D eigenvalue weighted by molar-refractivity contribution is -0.300. The molecule has 0 aromatic heterocycles. The Balaban J connectivity index is 1.74. The van der Waals surface area contributed by atoms with Gasteiger partial charge < -0.3 is 24.3 Å². The molecule has 1 aliphatic rings. The number of ether oxygens (including phenoxy) is 4. The molecule has 0 unspecified atom stereocenters. The van der Waals surface area contributed by atoms with E-state index >= 15 is 0 Å². The average Bonchev–Trinajstić information content (AvgIpc) is 2.57. The second-order valence-corrected chi connectivity index (χ2v) is 8.68. The molecule has 1 aromatic carbocycles. The Morgan fingerprint density at radius 3 is 2.45 bits per heavy atom. The molecule has 0 radical (unpaired) electrons. The van der Waals surface area contributed by atoms with Gasteiger partial charge in [-0.15, -0.1) is 0 Å². The normalized spacial score (nSPS) is 21.3. The molecule has 1 fully saturated rings. The molecular weight excluding hydrogens is 374 g/mol. The van der Waals surface area contributed by atoms with Crippen LogP contribution in [0.15, 0.2) is 30.3 Å². The van der Waals surface area contributed by atoms with Crippen LogP contribution in [-0.4, -0.2) is 42.2 Å². The highest BCUT2D eigenvalue weighted by molar-refractivity contribution is 5.70. The molecule has 162 valence electrons. The molecule has 7 nitrogen and oxygen atoms in total. The van der Waals surface area contributed by atoms with E-state index in [0.29, 0.717) is 19.4 Å². The summed E-state index contributed by atoms with van der Waals surface area (Å²) in [6.45, 7) is 9.80. The minimum atomic E-state index is -0.802. The number of carbonyl (C=O) groups is 2. The fourth-order valence-corrected chi connectivity index (χ4v) is 3.20. The number of hydrogen-bond acceptors (Lipinski definition) is 6. The molecule has 1 N–H and O–H groups in total. The first-order chi connectivity index (χ1) is 13.5. The lowest BCUT2D eigenvalue weighted by atomic mass is 10.0. The monoisotopic (exact) mass is 407 g/mol. The first-order valence-corrected chi connectivity index (χ1v) is 10.0. The Hall–Kier alpha value is -2.12. The first-order valence-electron chi connectivity index (χ1n) is 10.0. The summed E-state index contributed by atoms with van der Waals surface area (Å²) in [5, 5.41) is 2.74. The number of esters is 1. The fraction of sp³-hybridized carbons (Fsp3) is 0.636. The molecule has 1 aliphatic heterocycles. The summed E-state index contributed by atoms with van der Waals surface area (Å²) >= 11 is 0. The van der Waals surface area contributed by atoms with Crippen molar-refractivity contribution in [3.63, 3.8) is 0 Å². The average molecular weight is 408 g/mol. The smallest absolute Gasteiger partial charge is 0.407 e. The lowest BCUT2D eigenvalue weighted by Gasteiger charge is -2.40. The maximum absolute atomic E-state index is 12.1. The van der Waals surface area contributed by atoms with Gasteiger partial charge in [0.05, 0.1) is 18.6 Å². The van der Waals surface area contributed by atoms with Gasteiger partial charge in [-0.3, -0.25) is 4.79 Å². The van der Waals surface area contributed by atoms with Gasteiger partial charge in [0.1, 0.15) is 12.2 Å². The number of rotatable bonds is 7. The molecule has 1 heterocycles. The highest BCUT2D eigenvalue weighted by atomic mass is 16.7. The standard InChI is InChI=1S/C22H33NO6/c1-21(2,3)29-19(24)14-18-13-17(27-22(4,5)28-18)11-12-23-20(25)26-15-16-9-7-6-8-10-16/h6-10,17-18H,11-15H2,1-5H3,(H,23,25)/t17-,18-/m1/s1. The van der Waals surface area contributed by atoms with E-state index in [2.05, 4.69) is 5.32 Å². The topological polar surface area (TPSA) is 83.1 Å². The van der Waals surface area contributed by atoms with Crippen molar-refractivity contribution in [2.24, 2.45) is 0 Å². The SMILES string of the molecule is CC(C)(C)OC(=O)C[C@H]1C[C@@H](CCNC(=O)OCc2ccccc2)OC(C)(C)O1. The third-order valence-corrected chi connectivity index (χ3v) is 4.19. The highest BCUT2D eigenvalue weighted by Crippen LogP contribution is 2.30. The van der Waals surface area contributed by atoms with Crippen LogP contribution in [0.1, 0.15) is 59.4 Å². The second kappa shape index (κ2) is 10.1. The molecule has 1 aromatic rings. The van der Waals surface area contributed by atoms with Crippen molar-refractivity contribution in [3.8, 4) is 0 Å². The van der Waals surface area contributed by atoms with E-state index in [1.54, 1.807) is 0 Å². The summed E-state index contributed by atoms with van der Waals surface area (Å²) < 4.78 is 22.4. The Morgan fingerprint density at radius 2 is 1.79 bits per heavy atom. The number of carbonyl (C=O) groups excluding carboxylic acids is 2. The van der Waals surface area contributed by atoms with E-state index in [1.165, 1.54) is 0 Å². The second-order valence-electron chi connectivity index (χ2n) is 8.68. The molecule has 0 spiro atoms. The molecule has 1 saturated heterocycles. The van der Waals surface area contributed by atoms with Gasteiger partial charge >= 0.3 is 12.1 Å². The summed E-state index contributed by atoms with van der Waals surface area (Å²) in [6.07, 6.45) is 0.434. The number of hydrogen-bond donors (Lipinski definition) is 1. The molecule has 29 heavy (non-hydrogen) atoms. The van der Waals surface area contributed by atoms with Crippen molar-refractivity contribution in [1.82, 2.24) is 5.32 Å². The van der Waals surface area contributed by atoms with Crippen molar-refractivity contribution in [3.05, 3.63) is 35.9 Å². The van der Waals surface area contributed by atoms with E-state index in [0.717, 1.165) is 5.56 Å². The van der Waals surface area contributed by atoms with Crippen molar-refractivity contribution in [1.29, 1.82) is 0 Å². The van der Waals surface area contributed by atoms with Gasteiger partial charge in [-0.2, -0.15) is 0 Å².